The molecule has 1 saturated heterocycles. The lowest BCUT2D eigenvalue weighted by Crippen LogP contribution is -2.45. The van der Waals surface area contributed by atoms with Crippen LogP contribution in [0.5, 0.6) is 5.75 Å². The smallest absolute Gasteiger partial charge is 0.191 e. The van der Waals surface area contributed by atoms with Crippen molar-refractivity contribution in [3.63, 3.8) is 0 Å². The fourth-order valence-corrected chi connectivity index (χ4v) is 3.19. The minimum Gasteiger partial charge on any atom is -0.497 e. The molecular formula is C20H27FIN5O. The molecule has 6 nitrogen and oxygen atoms in total. The lowest BCUT2D eigenvalue weighted by Gasteiger charge is -2.20. The third-order valence-corrected chi connectivity index (χ3v) is 4.66. The van der Waals surface area contributed by atoms with E-state index in [1.165, 1.54) is 11.6 Å². The molecule has 2 heterocycles. The van der Waals surface area contributed by atoms with E-state index < -0.39 is 0 Å². The summed E-state index contributed by atoms with van der Waals surface area (Å²) < 4.78 is 19.1. The second-order valence-electron chi connectivity index (χ2n) is 6.48. The molecular weight excluding hydrogens is 472 g/mol. The topological polar surface area (TPSA) is 61.8 Å². The predicted molar refractivity (Wildman–Crippen MR) is 121 cm³/mol. The summed E-state index contributed by atoms with van der Waals surface area (Å²) >= 11 is 0. The van der Waals surface area contributed by atoms with Gasteiger partial charge in [-0.3, -0.25) is 4.99 Å². The summed E-state index contributed by atoms with van der Waals surface area (Å²) in [7, 11) is 3.42. The van der Waals surface area contributed by atoms with Gasteiger partial charge in [0.15, 0.2) is 17.6 Å². The van der Waals surface area contributed by atoms with Crippen LogP contribution in [-0.4, -0.2) is 50.8 Å². The van der Waals surface area contributed by atoms with Gasteiger partial charge in [0.25, 0.3) is 0 Å². The number of rotatable bonds is 6. The van der Waals surface area contributed by atoms with Gasteiger partial charge in [-0.05, 0) is 42.7 Å². The standard InChI is InChI=1S/C20H26FN5O.HI/c1-22-20(24-12-9-15-5-7-17(27-2)8-6-15)25-16-10-13-26(14-16)19-18(21)4-3-11-23-19;/h3-8,11,16H,9-10,12-14H2,1-2H3,(H2,22,24,25);1H. The molecule has 1 fully saturated rings. The Morgan fingerprint density at radius 3 is 2.79 bits per heavy atom. The fraction of sp³-hybridized carbons (Fsp3) is 0.400. The molecule has 3 rings (SSSR count). The molecule has 0 bridgehead atoms. The summed E-state index contributed by atoms with van der Waals surface area (Å²) in [5.41, 5.74) is 1.23. The minimum absolute atomic E-state index is 0. The number of nitrogens with zero attached hydrogens (tertiary/aromatic N) is 3. The van der Waals surface area contributed by atoms with Gasteiger partial charge >= 0.3 is 0 Å². The highest BCUT2D eigenvalue weighted by molar-refractivity contribution is 14.0. The number of guanidine groups is 1. The Kier molecular flexibility index (Phi) is 8.75. The van der Waals surface area contributed by atoms with E-state index >= 15 is 0 Å². The molecule has 152 valence electrons. The van der Waals surface area contributed by atoms with E-state index in [1.807, 2.05) is 17.0 Å². The zero-order valence-electron chi connectivity index (χ0n) is 16.2. The first-order chi connectivity index (χ1) is 13.2. The number of hydrogen-bond donors (Lipinski definition) is 2. The summed E-state index contributed by atoms with van der Waals surface area (Å²) in [5.74, 6) is 1.76. The Morgan fingerprint density at radius 1 is 1.32 bits per heavy atom. The summed E-state index contributed by atoms with van der Waals surface area (Å²) in [6.45, 7) is 2.25. The zero-order chi connectivity index (χ0) is 19.1. The normalized spacial score (nSPS) is 16.5. The van der Waals surface area contributed by atoms with Crippen molar-refractivity contribution in [1.29, 1.82) is 0 Å². The molecule has 8 heteroatoms. The second-order valence-corrected chi connectivity index (χ2v) is 6.48. The number of anilines is 1. The van der Waals surface area contributed by atoms with Gasteiger partial charge in [0, 0.05) is 38.9 Å². The van der Waals surface area contributed by atoms with Crippen LogP contribution in [0.15, 0.2) is 47.6 Å². The number of ether oxygens (including phenoxy) is 1. The third kappa shape index (κ3) is 5.95. The molecule has 28 heavy (non-hydrogen) atoms. The molecule has 1 unspecified atom stereocenters. The van der Waals surface area contributed by atoms with Gasteiger partial charge in [0.05, 0.1) is 7.11 Å². The van der Waals surface area contributed by atoms with Crippen molar-refractivity contribution in [1.82, 2.24) is 15.6 Å². The van der Waals surface area contributed by atoms with Crippen LogP contribution in [0.4, 0.5) is 10.2 Å². The van der Waals surface area contributed by atoms with E-state index in [0.29, 0.717) is 12.4 Å². The molecule has 1 atom stereocenters. The maximum atomic E-state index is 13.9. The molecule has 2 N–H and O–H groups in total. The first kappa shape index (κ1) is 22.2. The summed E-state index contributed by atoms with van der Waals surface area (Å²) in [6.07, 6.45) is 3.43. The molecule has 0 amide bonds. The van der Waals surface area contributed by atoms with E-state index in [9.17, 15) is 4.39 Å². The number of benzene rings is 1. The van der Waals surface area contributed by atoms with E-state index in [4.69, 9.17) is 4.74 Å². The van der Waals surface area contributed by atoms with Gasteiger partial charge in [-0.15, -0.1) is 24.0 Å². The molecule has 1 aromatic carbocycles. The maximum absolute atomic E-state index is 13.9. The minimum atomic E-state index is -0.278. The van der Waals surface area contributed by atoms with Crippen LogP contribution in [-0.2, 0) is 6.42 Å². The van der Waals surface area contributed by atoms with Crippen molar-refractivity contribution in [3.8, 4) is 5.75 Å². The fourth-order valence-electron chi connectivity index (χ4n) is 3.19. The number of aromatic nitrogens is 1. The first-order valence-corrected chi connectivity index (χ1v) is 9.15. The average Bonchev–Trinajstić information content (AvgIpc) is 3.16. The number of methoxy groups -OCH3 is 1. The Balaban J connectivity index is 0.00000280. The van der Waals surface area contributed by atoms with Gasteiger partial charge in [0.1, 0.15) is 5.75 Å². The van der Waals surface area contributed by atoms with Gasteiger partial charge in [-0.1, -0.05) is 12.1 Å². The molecule has 0 radical (unpaired) electrons. The quantitative estimate of drug-likeness (QED) is 0.364. The molecule has 2 aromatic rings. The van der Waals surface area contributed by atoms with Crippen LogP contribution < -0.4 is 20.3 Å². The van der Waals surface area contributed by atoms with Crippen molar-refractivity contribution in [2.24, 2.45) is 4.99 Å². The van der Waals surface area contributed by atoms with Gasteiger partial charge in [-0.2, -0.15) is 0 Å². The van der Waals surface area contributed by atoms with Crippen molar-refractivity contribution in [2.75, 3.05) is 38.7 Å². The van der Waals surface area contributed by atoms with Crippen molar-refractivity contribution in [2.45, 2.75) is 18.9 Å². The molecule has 1 aliphatic rings. The monoisotopic (exact) mass is 499 g/mol. The Labute approximate surface area is 182 Å². The highest BCUT2D eigenvalue weighted by Gasteiger charge is 2.25. The summed E-state index contributed by atoms with van der Waals surface area (Å²) in [5, 5.41) is 6.76. The van der Waals surface area contributed by atoms with Crippen molar-refractivity contribution in [3.05, 3.63) is 54.0 Å². The van der Waals surface area contributed by atoms with Crippen LogP contribution >= 0.6 is 24.0 Å². The van der Waals surface area contributed by atoms with Crippen LogP contribution in [0.3, 0.4) is 0 Å². The SMILES string of the molecule is CN=C(NCCc1ccc(OC)cc1)NC1CCN(c2ncccc2F)C1.I. The molecule has 0 aliphatic carbocycles. The number of nitrogens with one attached hydrogen (secondary N) is 2. The predicted octanol–water partition coefficient (Wildman–Crippen LogP) is 2.83. The highest BCUT2D eigenvalue weighted by Crippen LogP contribution is 2.20. The lowest BCUT2D eigenvalue weighted by molar-refractivity contribution is 0.414. The maximum Gasteiger partial charge on any atom is 0.191 e. The molecule has 0 saturated carbocycles. The Hall–Kier alpha value is -2.10. The molecule has 1 aromatic heterocycles. The average molecular weight is 499 g/mol. The second kappa shape index (κ2) is 11.0. The van der Waals surface area contributed by atoms with Gasteiger partial charge < -0.3 is 20.3 Å². The van der Waals surface area contributed by atoms with Gasteiger partial charge in [0.2, 0.25) is 0 Å². The van der Waals surface area contributed by atoms with Crippen LogP contribution in [0.1, 0.15) is 12.0 Å². The summed E-state index contributed by atoms with van der Waals surface area (Å²) in [6, 6.07) is 11.3. The van der Waals surface area contributed by atoms with Crippen LogP contribution in [0.2, 0.25) is 0 Å². The zero-order valence-corrected chi connectivity index (χ0v) is 18.5. The Morgan fingerprint density at radius 2 is 2.11 bits per heavy atom. The number of halogens is 2. The van der Waals surface area contributed by atoms with E-state index in [1.54, 1.807) is 26.4 Å². The lowest BCUT2D eigenvalue weighted by atomic mass is 10.1. The largest absolute Gasteiger partial charge is 0.497 e. The molecule has 1 aliphatic heterocycles. The van der Waals surface area contributed by atoms with Crippen LogP contribution in [0.25, 0.3) is 0 Å². The van der Waals surface area contributed by atoms with E-state index in [2.05, 4.69) is 32.7 Å². The third-order valence-electron chi connectivity index (χ3n) is 4.66. The summed E-state index contributed by atoms with van der Waals surface area (Å²) in [4.78, 5) is 10.4. The van der Waals surface area contributed by atoms with E-state index in [0.717, 1.165) is 37.6 Å². The number of hydrogen-bond acceptors (Lipinski definition) is 4. The number of aliphatic imine (C=N–C) groups is 1. The van der Waals surface area contributed by atoms with Crippen molar-refractivity contribution < 1.29 is 9.13 Å². The van der Waals surface area contributed by atoms with Gasteiger partial charge in [-0.25, -0.2) is 9.37 Å². The molecule has 0 spiro atoms. The number of pyridine rings is 1. The van der Waals surface area contributed by atoms with E-state index in [-0.39, 0.29) is 35.8 Å². The first-order valence-electron chi connectivity index (χ1n) is 9.15. The Bertz CT molecular complexity index is 771. The highest BCUT2D eigenvalue weighted by atomic mass is 127. The van der Waals surface area contributed by atoms with Crippen molar-refractivity contribution >= 4 is 35.8 Å². The van der Waals surface area contributed by atoms with Crippen LogP contribution in [0, 0.1) is 5.82 Å².